The van der Waals surface area contributed by atoms with Crippen molar-refractivity contribution in [2.24, 2.45) is 5.92 Å². The van der Waals surface area contributed by atoms with Gasteiger partial charge in [0.1, 0.15) is 0 Å². The van der Waals surface area contributed by atoms with Crippen LogP contribution in [0, 0.1) is 19.8 Å². The standard InChI is InChI=1S/C14H23NO/c1-10-5-6-11(2)14(7-10)8-15-13(4)12(3)9-16/h5-7,12-13,15-16H,8-9H2,1-4H3. The van der Waals surface area contributed by atoms with Gasteiger partial charge in [-0.3, -0.25) is 0 Å². The molecule has 2 unspecified atom stereocenters. The summed E-state index contributed by atoms with van der Waals surface area (Å²) >= 11 is 0. The Morgan fingerprint density at radius 2 is 1.94 bits per heavy atom. The quantitative estimate of drug-likeness (QED) is 0.800. The molecule has 0 fully saturated rings. The van der Waals surface area contributed by atoms with Crippen LogP contribution in [0.1, 0.15) is 30.5 Å². The Labute approximate surface area is 98.7 Å². The molecule has 0 radical (unpaired) electrons. The maximum atomic E-state index is 9.06. The van der Waals surface area contributed by atoms with Crippen LogP contribution in [0.25, 0.3) is 0 Å². The first-order valence-corrected chi connectivity index (χ1v) is 5.95. The van der Waals surface area contributed by atoms with Crippen LogP contribution in [-0.2, 0) is 6.54 Å². The summed E-state index contributed by atoms with van der Waals surface area (Å²) < 4.78 is 0. The van der Waals surface area contributed by atoms with E-state index in [0.717, 1.165) is 6.54 Å². The van der Waals surface area contributed by atoms with Gasteiger partial charge in [0.2, 0.25) is 0 Å². The van der Waals surface area contributed by atoms with Gasteiger partial charge < -0.3 is 10.4 Å². The summed E-state index contributed by atoms with van der Waals surface area (Å²) in [7, 11) is 0. The smallest absolute Gasteiger partial charge is 0.0471 e. The van der Waals surface area contributed by atoms with Gasteiger partial charge in [-0.15, -0.1) is 0 Å². The van der Waals surface area contributed by atoms with Gasteiger partial charge in [-0.05, 0) is 37.8 Å². The van der Waals surface area contributed by atoms with E-state index in [1.807, 2.05) is 0 Å². The molecule has 16 heavy (non-hydrogen) atoms. The number of aliphatic hydroxyl groups excluding tert-OH is 1. The zero-order chi connectivity index (χ0) is 12.1. The van der Waals surface area contributed by atoms with Gasteiger partial charge in [0.15, 0.2) is 0 Å². The van der Waals surface area contributed by atoms with Crippen molar-refractivity contribution in [1.29, 1.82) is 0 Å². The summed E-state index contributed by atoms with van der Waals surface area (Å²) in [6, 6.07) is 6.86. The van der Waals surface area contributed by atoms with Crippen molar-refractivity contribution in [3.63, 3.8) is 0 Å². The number of hydrogen-bond donors (Lipinski definition) is 2. The van der Waals surface area contributed by atoms with Crippen LogP contribution in [0.4, 0.5) is 0 Å². The van der Waals surface area contributed by atoms with Crippen molar-refractivity contribution in [1.82, 2.24) is 5.32 Å². The summed E-state index contributed by atoms with van der Waals surface area (Å²) in [4.78, 5) is 0. The number of hydrogen-bond acceptors (Lipinski definition) is 2. The fourth-order valence-corrected chi connectivity index (χ4v) is 1.62. The van der Waals surface area contributed by atoms with Crippen LogP contribution < -0.4 is 5.32 Å². The molecule has 2 nitrogen and oxygen atoms in total. The number of aliphatic hydroxyl groups is 1. The Balaban J connectivity index is 2.57. The van der Waals surface area contributed by atoms with E-state index in [1.165, 1.54) is 16.7 Å². The normalized spacial score (nSPS) is 14.8. The molecule has 0 aliphatic carbocycles. The number of rotatable bonds is 5. The largest absolute Gasteiger partial charge is 0.396 e. The lowest BCUT2D eigenvalue weighted by molar-refractivity contribution is 0.207. The fraction of sp³-hybridized carbons (Fsp3) is 0.571. The van der Waals surface area contributed by atoms with Gasteiger partial charge in [0, 0.05) is 19.2 Å². The van der Waals surface area contributed by atoms with E-state index in [1.54, 1.807) is 0 Å². The lowest BCUT2D eigenvalue weighted by atomic mass is 10.0. The van der Waals surface area contributed by atoms with Gasteiger partial charge >= 0.3 is 0 Å². The summed E-state index contributed by atoms with van der Waals surface area (Å²) in [5.74, 6) is 0.296. The molecule has 0 aliphatic rings. The van der Waals surface area contributed by atoms with Crippen molar-refractivity contribution in [2.45, 2.75) is 40.3 Å². The van der Waals surface area contributed by atoms with Gasteiger partial charge in [0.25, 0.3) is 0 Å². The fourth-order valence-electron chi connectivity index (χ4n) is 1.62. The molecule has 0 saturated carbocycles. The molecule has 0 amide bonds. The summed E-state index contributed by atoms with van der Waals surface area (Å²) in [6.45, 7) is 9.53. The molecule has 1 aromatic carbocycles. The second-order valence-corrected chi connectivity index (χ2v) is 4.76. The maximum Gasteiger partial charge on any atom is 0.0471 e. The first kappa shape index (κ1) is 13.2. The highest BCUT2D eigenvalue weighted by Crippen LogP contribution is 2.11. The Kier molecular flexibility index (Phi) is 4.97. The zero-order valence-corrected chi connectivity index (χ0v) is 10.7. The molecule has 2 heteroatoms. The Morgan fingerprint density at radius 3 is 2.56 bits per heavy atom. The number of benzene rings is 1. The van der Waals surface area contributed by atoms with E-state index < -0.39 is 0 Å². The predicted octanol–water partition coefficient (Wildman–Crippen LogP) is 2.41. The summed E-state index contributed by atoms with van der Waals surface area (Å²) in [5, 5.41) is 12.5. The molecule has 0 bridgehead atoms. The van der Waals surface area contributed by atoms with Crippen LogP contribution in [0.15, 0.2) is 18.2 Å². The molecule has 2 atom stereocenters. The molecule has 0 aliphatic heterocycles. The van der Waals surface area contributed by atoms with Crippen molar-refractivity contribution in [3.05, 3.63) is 34.9 Å². The second kappa shape index (κ2) is 6.02. The van der Waals surface area contributed by atoms with Gasteiger partial charge in [0.05, 0.1) is 0 Å². The Hall–Kier alpha value is -0.860. The molecule has 0 spiro atoms. The van der Waals surface area contributed by atoms with Crippen LogP contribution >= 0.6 is 0 Å². The lowest BCUT2D eigenvalue weighted by Gasteiger charge is -2.20. The van der Waals surface area contributed by atoms with Gasteiger partial charge in [-0.2, -0.15) is 0 Å². The SMILES string of the molecule is Cc1ccc(C)c(CNC(C)C(C)CO)c1. The third-order valence-electron chi connectivity index (χ3n) is 3.26. The molecule has 1 rings (SSSR count). The molecular weight excluding hydrogens is 198 g/mol. The molecule has 0 heterocycles. The van der Waals surface area contributed by atoms with E-state index in [-0.39, 0.29) is 6.61 Å². The number of nitrogens with one attached hydrogen (secondary N) is 1. The topological polar surface area (TPSA) is 32.3 Å². The first-order valence-electron chi connectivity index (χ1n) is 5.95. The molecule has 1 aromatic rings. The molecule has 0 saturated heterocycles. The van der Waals surface area contributed by atoms with Gasteiger partial charge in [-0.1, -0.05) is 30.7 Å². The second-order valence-electron chi connectivity index (χ2n) is 4.76. The monoisotopic (exact) mass is 221 g/mol. The zero-order valence-electron chi connectivity index (χ0n) is 10.7. The van der Waals surface area contributed by atoms with E-state index in [9.17, 15) is 0 Å². The lowest BCUT2D eigenvalue weighted by Crippen LogP contribution is -2.33. The van der Waals surface area contributed by atoms with Crippen molar-refractivity contribution in [3.8, 4) is 0 Å². The highest BCUT2D eigenvalue weighted by molar-refractivity contribution is 5.30. The summed E-state index contributed by atoms with van der Waals surface area (Å²) in [6.07, 6.45) is 0. The molecule has 90 valence electrons. The van der Waals surface area contributed by atoms with E-state index >= 15 is 0 Å². The summed E-state index contributed by atoms with van der Waals surface area (Å²) in [5.41, 5.74) is 3.96. The minimum absolute atomic E-state index is 0.237. The average molecular weight is 221 g/mol. The van der Waals surface area contributed by atoms with Crippen LogP contribution in [0.5, 0.6) is 0 Å². The molecule has 2 N–H and O–H groups in total. The van der Waals surface area contributed by atoms with Gasteiger partial charge in [-0.25, -0.2) is 0 Å². The Morgan fingerprint density at radius 1 is 1.25 bits per heavy atom. The van der Waals surface area contributed by atoms with E-state index in [4.69, 9.17) is 5.11 Å². The third-order valence-corrected chi connectivity index (χ3v) is 3.26. The molecular formula is C14H23NO. The van der Waals surface area contributed by atoms with E-state index in [0.29, 0.717) is 12.0 Å². The van der Waals surface area contributed by atoms with Crippen molar-refractivity contribution >= 4 is 0 Å². The van der Waals surface area contributed by atoms with Crippen molar-refractivity contribution in [2.75, 3.05) is 6.61 Å². The van der Waals surface area contributed by atoms with Crippen LogP contribution in [-0.4, -0.2) is 17.8 Å². The third kappa shape index (κ3) is 3.62. The van der Waals surface area contributed by atoms with Crippen LogP contribution in [0.3, 0.4) is 0 Å². The first-order chi connectivity index (χ1) is 7.54. The molecule has 0 aromatic heterocycles. The average Bonchev–Trinajstić information content (AvgIpc) is 2.28. The highest BCUT2D eigenvalue weighted by Gasteiger charge is 2.10. The maximum absolute atomic E-state index is 9.06. The Bertz CT molecular complexity index is 336. The minimum atomic E-state index is 0.237. The van der Waals surface area contributed by atoms with Crippen LogP contribution in [0.2, 0.25) is 0 Å². The number of aryl methyl sites for hydroxylation is 2. The highest BCUT2D eigenvalue weighted by atomic mass is 16.3. The van der Waals surface area contributed by atoms with Crippen molar-refractivity contribution < 1.29 is 5.11 Å². The van der Waals surface area contributed by atoms with E-state index in [2.05, 4.69) is 51.2 Å². The minimum Gasteiger partial charge on any atom is -0.396 e. The predicted molar refractivity (Wildman–Crippen MR) is 68.5 cm³/mol.